The Morgan fingerprint density at radius 1 is 0.548 bits per heavy atom. The molecule has 0 aliphatic heterocycles. The molecule has 0 unspecified atom stereocenters. The van der Waals surface area contributed by atoms with E-state index in [0.717, 1.165) is 18.2 Å². The minimum absolute atomic E-state index is 0. The van der Waals surface area contributed by atoms with Gasteiger partial charge in [-0.25, -0.2) is 0 Å². The summed E-state index contributed by atoms with van der Waals surface area (Å²) >= 11 is 0. The van der Waals surface area contributed by atoms with Gasteiger partial charge in [-0.2, -0.15) is 0 Å². The zero-order valence-electron chi connectivity index (χ0n) is 20.5. The molecule has 0 saturated carbocycles. The maximum atomic E-state index is 10.8. The molecule has 0 bridgehead atoms. The third kappa shape index (κ3) is 39.3. The van der Waals surface area contributed by atoms with E-state index in [2.05, 4.69) is 0 Å². The topological polar surface area (TPSA) is 120 Å². The van der Waals surface area contributed by atoms with Crippen molar-refractivity contribution in [3.8, 4) is 0 Å². The van der Waals surface area contributed by atoms with Crippen molar-refractivity contribution in [3.63, 3.8) is 0 Å². The van der Waals surface area contributed by atoms with E-state index in [-0.39, 0.29) is 53.2 Å². The van der Waals surface area contributed by atoms with Crippen LogP contribution in [0.3, 0.4) is 0 Å². The standard InChI is InChI=1S/3C8H14O2.V/c3*1-6(2)4-8(10)5-7(3)9;/h3*5-6,10H,4H2,1-3H3;/p-3. The molecule has 0 saturated heterocycles. The summed E-state index contributed by atoms with van der Waals surface area (Å²) in [5.74, 6) is 0.323. The maximum absolute atomic E-state index is 10.8. The molecule has 0 atom stereocenters. The Balaban J connectivity index is -0.000000174. The molecule has 179 valence electrons. The first-order chi connectivity index (χ1) is 13.6. The predicted octanol–water partition coefficient (Wildman–Crippen LogP) is 2.59. The summed E-state index contributed by atoms with van der Waals surface area (Å²) in [4.78, 5) is 31.1. The molecule has 0 amide bonds. The first-order valence-corrected chi connectivity index (χ1v) is 10.2. The van der Waals surface area contributed by atoms with Gasteiger partial charge in [0.15, 0.2) is 17.3 Å². The van der Waals surface area contributed by atoms with E-state index in [9.17, 15) is 29.7 Å². The fourth-order valence-corrected chi connectivity index (χ4v) is 2.06. The van der Waals surface area contributed by atoms with Crippen molar-refractivity contribution in [2.24, 2.45) is 17.8 Å². The Labute approximate surface area is 200 Å². The van der Waals surface area contributed by atoms with E-state index in [1.807, 2.05) is 41.5 Å². The van der Waals surface area contributed by atoms with Crippen molar-refractivity contribution >= 4 is 17.3 Å². The molecular weight excluding hydrogens is 435 g/mol. The summed E-state index contributed by atoms with van der Waals surface area (Å²) in [7, 11) is 0. The monoisotopic (exact) mass is 474 g/mol. The number of ketones is 3. The van der Waals surface area contributed by atoms with E-state index >= 15 is 0 Å². The molecule has 0 N–H and O–H groups in total. The number of rotatable bonds is 9. The second kappa shape index (κ2) is 21.4. The van der Waals surface area contributed by atoms with Crippen molar-refractivity contribution in [2.45, 2.75) is 81.6 Å². The first kappa shape index (κ1) is 36.6. The van der Waals surface area contributed by atoms with Crippen LogP contribution in [0, 0.1) is 17.8 Å². The number of allylic oxidation sites excluding steroid dienone is 6. The quantitative estimate of drug-likeness (QED) is 0.374. The van der Waals surface area contributed by atoms with Crippen LogP contribution < -0.4 is 15.3 Å². The SMILES string of the molecule is CC(=O)C=C([O-])CC(C)C.CC(=O)C=C([O-])CC(C)C.CC(=O)C=C([O-])CC(C)C.[V]. The molecule has 0 rings (SSSR count). The molecule has 0 aromatic rings. The molecule has 0 spiro atoms. The van der Waals surface area contributed by atoms with Gasteiger partial charge in [-0.05, 0) is 76.0 Å². The Bertz CT molecular complexity index is 528. The zero-order chi connectivity index (χ0) is 24.4. The third-order valence-electron chi connectivity index (χ3n) is 2.92. The molecule has 1 radical (unpaired) electrons. The molecular formula is C24H39O6V-3. The summed E-state index contributed by atoms with van der Waals surface area (Å²) < 4.78 is 0. The molecule has 0 aromatic heterocycles. The fourth-order valence-electron chi connectivity index (χ4n) is 2.06. The molecule has 0 fully saturated rings. The van der Waals surface area contributed by atoms with Gasteiger partial charge in [0.25, 0.3) is 0 Å². The smallest absolute Gasteiger partial charge is 0.151 e. The van der Waals surface area contributed by atoms with Crippen LogP contribution in [-0.4, -0.2) is 17.3 Å². The van der Waals surface area contributed by atoms with E-state index in [0.29, 0.717) is 37.0 Å². The van der Waals surface area contributed by atoms with Crippen molar-refractivity contribution in [2.75, 3.05) is 0 Å². The molecule has 0 heterocycles. The van der Waals surface area contributed by atoms with Gasteiger partial charge < -0.3 is 15.3 Å². The van der Waals surface area contributed by atoms with E-state index < -0.39 is 0 Å². The molecule has 0 aliphatic rings. The average Bonchev–Trinajstić information content (AvgIpc) is 2.42. The van der Waals surface area contributed by atoms with Crippen molar-refractivity contribution in [1.29, 1.82) is 0 Å². The van der Waals surface area contributed by atoms with Gasteiger partial charge in [-0.1, -0.05) is 41.5 Å². The summed E-state index contributed by atoms with van der Waals surface area (Å²) in [6.07, 6.45) is 4.87. The largest absolute Gasteiger partial charge is 0.875 e. The van der Waals surface area contributed by atoms with E-state index in [1.165, 1.54) is 20.8 Å². The molecule has 0 aliphatic carbocycles. The van der Waals surface area contributed by atoms with Crippen LogP contribution in [0.1, 0.15) is 81.6 Å². The molecule has 6 nitrogen and oxygen atoms in total. The van der Waals surface area contributed by atoms with Gasteiger partial charge in [-0.3, -0.25) is 14.4 Å². The number of carbonyl (C=O) groups is 3. The van der Waals surface area contributed by atoms with Crippen LogP contribution in [-0.2, 0) is 32.9 Å². The van der Waals surface area contributed by atoms with Gasteiger partial charge in [0.2, 0.25) is 0 Å². The number of carbonyl (C=O) groups excluding carboxylic acids is 3. The number of hydrogen-bond acceptors (Lipinski definition) is 6. The summed E-state index contributed by atoms with van der Waals surface area (Å²) in [5, 5.41) is 32.4. The summed E-state index contributed by atoms with van der Waals surface area (Å²) in [6, 6.07) is 0. The molecule has 7 heteroatoms. The van der Waals surface area contributed by atoms with Crippen molar-refractivity contribution < 1.29 is 48.3 Å². The van der Waals surface area contributed by atoms with Crippen molar-refractivity contribution in [3.05, 3.63) is 35.5 Å². The van der Waals surface area contributed by atoms with Gasteiger partial charge >= 0.3 is 0 Å². The van der Waals surface area contributed by atoms with Gasteiger partial charge in [0, 0.05) is 18.6 Å². The first-order valence-electron chi connectivity index (χ1n) is 10.2. The Kier molecular flexibility index (Phi) is 25.3. The minimum Gasteiger partial charge on any atom is -0.875 e. The predicted molar refractivity (Wildman–Crippen MR) is 115 cm³/mol. The van der Waals surface area contributed by atoms with Gasteiger partial charge in [0.05, 0.1) is 0 Å². The van der Waals surface area contributed by atoms with Gasteiger partial charge in [0.1, 0.15) is 0 Å². The van der Waals surface area contributed by atoms with Crippen LogP contribution in [0.5, 0.6) is 0 Å². The third-order valence-corrected chi connectivity index (χ3v) is 2.92. The average molecular weight is 475 g/mol. The van der Waals surface area contributed by atoms with Crippen LogP contribution in [0.2, 0.25) is 0 Å². The van der Waals surface area contributed by atoms with Crippen LogP contribution in [0.25, 0.3) is 0 Å². The minimum atomic E-state index is -0.161. The van der Waals surface area contributed by atoms with Crippen LogP contribution in [0.4, 0.5) is 0 Å². The van der Waals surface area contributed by atoms with Crippen molar-refractivity contribution in [1.82, 2.24) is 0 Å². The Hall–Kier alpha value is -1.79. The maximum Gasteiger partial charge on any atom is 0.151 e. The normalized spacial score (nSPS) is 11.8. The van der Waals surface area contributed by atoms with E-state index in [1.54, 1.807) is 0 Å². The van der Waals surface area contributed by atoms with E-state index in [4.69, 9.17) is 0 Å². The second-order valence-corrected chi connectivity index (χ2v) is 8.46. The van der Waals surface area contributed by atoms with Crippen LogP contribution in [0.15, 0.2) is 35.5 Å². The van der Waals surface area contributed by atoms with Gasteiger partial charge in [-0.15, -0.1) is 17.3 Å². The Morgan fingerprint density at radius 3 is 0.806 bits per heavy atom. The summed E-state index contributed by atoms with van der Waals surface area (Å²) in [6.45, 7) is 15.9. The fraction of sp³-hybridized carbons (Fsp3) is 0.625. The second-order valence-electron chi connectivity index (χ2n) is 8.46. The Morgan fingerprint density at radius 2 is 0.710 bits per heavy atom. The summed E-state index contributed by atoms with van der Waals surface area (Å²) in [5.41, 5.74) is 0. The van der Waals surface area contributed by atoms with Crippen LogP contribution >= 0.6 is 0 Å². The molecule has 31 heavy (non-hydrogen) atoms. The molecule has 0 aromatic carbocycles. The zero-order valence-corrected chi connectivity index (χ0v) is 21.9. The number of hydrogen-bond donors (Lipinski definition) is 0.